The monoisotopic (exact) mass is 442 g/mol. The molecule has 94 valence electrons. The van der Waals surface area contributed by atoms with Gasteiger partial charge < -0.3 is 0 Å². The first kappa shape index (κ1) is 13.1. The summed E-state index contributed by atoms with van der Waals surface area (Å²) in [4.78, 5) is 11.6. The van der Waals surface area contributed by atoms with Crippen LogP contribution in [0.25, 0.3) is 8.87 Å². The molecule has 4 rings (SSSR count). The molecule has 0 radical (unpaired) electrons. The van der Waals surface area contributed by atoms with Crippen molar-refractivity contribution in [3.63, 3.8) is 0 Å². The Kier molecular flexibility index (Phi) is 4.11. The normalized spacial score (nSPS) is 18.4. The first-order valence-electron chi connectivity index (χ1n) is 5.68. The number of thioether (sulfide) groups is 4. The van der Waals surface area contributed by atoms with Crippen LogP contribution in [0.4, 0.5) is 0 Å². The summed E-state index contributed by atoms with van der Waals surface area (Å²) in [5.74, 6) is 5.20. The van der Waals surface area contributed by atoms with Gasteiger partial charge in [0.2, 0.25) is 0 Å². The van der Waals surface area contributed by atoms with Crippen LogP contribution in [0.15, 0.2) is 29.5 Å². The van der Waals surface area contributed by atoms with Crippen LogP contribution in [-0.2, 0) is 0 Å². The number of fused-ring (bicyclic) bond motifs is 2. The number of hydrogen-bond acceptors (Lipinski definition) is 4. The van der Waals surface area contributed by atoms with Gasteiger partial charge in [-0.05, 0) is 0 Å². The Hall–Kier alpha value is 1.40. The summed E-state index contributed by atoms with van der Waals surface area (Å²) >= 11 is 9.58. The third-order valence-corrected chi connectivity index (χ3v) is 14.0. The molecule has 18 heavy (non-hydrogen) atoms. The SMILES string of the molecule is c1[se]c(-c2[se]cc3c2SCCS3)c2c1SCCS2. The van der Waals surface area contributed by atoms with Gasteiger partial charge in [0, 0.05) is 0 Å². The third-order valence-electron chi connectivity index (χ3n) is 2.81. The second-order valence-electron chi connectivity index (χ2n) is 3.91. The van der Waals surface area contributed by atoms with Crippen LogP contribution >= 0.6 is 47.0 Å². The van der Waals surface area contributed by atoms with E-state index in [2.05, 4.69) is 56.9 Å². The molecular weight excluding hydrogens is 430 g/mol. The molecule has 2 aromatic rings. The molecule has 0 unspecified atom stereocenters. The standard InChI is InChI=1S/C12H10S4Se2/c1-3-15-9-7(13-1)5-17-11(9)12-10-8(6-18-12)14-2-4-16-10/h5-6H,1-4H2. The molecule has 2 aliphatic rings. The Balaban J connectivity index is 1.83. The maximum atomic E-state index is 2.52. The molecule has 0 aliphatic carbocycles. The summed E-state index contributed by atoms with van der Waals surface area (Å²) in [6.45, 7) is 0. The van der Waals surface area contributed by atoms with Crippen molar-refractivity contribution < 1.29 is 0 Å². The molecule has 6 heteroatoms. The predicted octanol–water partition coefficient (Wildman–Crippen LogP) is 3.86. The summed E-state index contributed by atoms with van der Waals surface area (Å²) in [7, 11) is 0. The van der Waals surface area contributed by atoms with E-state index < -0.39 is 0 Å². The van der Waals surface area contributed by atoms with Gasteiger partial charge in [-0.1, -0.05) is 0 Å². The molecule has 0 bridgehead atoms. The van der Waals surface area contributed by atoms with Gasteiger partial charge >= 0.3 is 137 Å². The number of hydrogen-bond donors (Lipinski definition) is 0. The van der Waals surface area contributed by atoms with Crippen molar-refractivity contribution in [2.24, 2.45) is 0 Å². The second kappa shape index (κ2) is 5.65. The van der Waals surface area contributed by atoms with Crippen molar-refractivity contribution in [3.8, 4) is 8.87 Å². The Bertz CT molecular complexity index is 535. The first-order valence-corrected chi connectivity index (χ1v) is 13.3. The molecule has 0 N–H and O–H groups in total. The fraction of sp³-hybridized carbons (Fsp3) is 0.333. The van der Waals surface area contributed by atoms with E-state index in [1.165, 1.54) is 23.0 Å². The van der Waals surface area contributed by atoms with E-state index >= 15 is 0 Å². The van der Waals surface area contributed by atoms with E-state index in [9.17, 15) is 0 Å². The molecule has 2 aromatic heterocycles. The van der Waals surface area contributed by atoms with E-state index in [4.69, 9.17) is 0 Å². The summed E-state index contributed by atoms with van der Waals surface area (Å²) in [6, 6.07) is 0. The Morgan fingerprint density at radius 3 is 1.61 bits per heavy atom. The predicted molar refractivity (Wildman–Crippen MR) is 88.7 cm³/mol. The molecule has 0 fully saturated rings. The Morgan fingerprint density at radius 2 is 1.11 bits per heavy atom. The van der Waals surface area contributed by atoms with Gasteiger partial charge in [0.1, 0.15) is 0 Å². The van der Waals surface area contributed by atoms with Gasteiger partial charge in [-0.15, -0.1) is 0 Å². The Morgan fingerprint density at radius 1 is 0.667 bits per heavy atom. The maximum absolute atomic E-state index is 2.52. The van der Waals surface area contributed by atoms with Crippen molar-refractivity contribution in [2.75, 3.05) is 23.0 Å². The molecule has 4 heterocycles. The van der Waals surface area contributed by atoms with Crippen molar-refractivity contribution in [1.82, 2.24) is 0 Å². The van der Waals surface area contributed by atoms with Gasteiger partial charge in [0.05, 0.1) is 0 Å². The van der Waals surface area contributed by atoms with Crippen LogP contribution in [0.2, 0.25) is 0 Å². The third kappa shape index (κ3) is 2.27. The van der Waals surface area contributed by atoms with Crippen LogP contribution in [0.5, 0.6) is 0 Å². The van der Waals surface area contributed by atoms with Crippen LogP contribution in [-0.4, -0.2) is 52.0 Å². The molecule has 2 aliphatic heterocycles. The van der Waals surface area contributed by atoms with Gasteiger partial charge in [-0.2, -0.15) is 0 Å². The van der Waals surface area contributed by atoms with Crippen LogP contribution in [0.3, 0.4) is 0 Å². The van der Waals surface area contributed by atoms with E-state index in [-0.39, 0.29) is 0 Å². The molecule has 0 saturated carbocycles. The van der Waals surface area contributed by atoms with E-state index in [1.54, 1.807) is 28.5 Å². The summed E-state index contributed by atoms with van der Waals surface area (Å²) in [5.41, 5.74) is 0. The van der Waals surface area contributed by atoms with Gasteiger partial charge in [0.15, 0.2) is 0 Å². The average Bonchev–Trinajstić information content (AvgIpc) is 3.01. The van der Waals surface area contributed by atoms with Crippen molar-refractivity contribution >= 4 is 76.1 Å². The average molecular weight is 440 g/mol. The minimum absolute atomic E-state index is 0.602. The fourth-order valence-electron chi connectivity index (χ4n) is 2.04. The van der Waals surface area contributed by atoms with Crippen LogP contribution < -0.4 is 0 Å². The zero-order valence-electron chi connectivity index (χ0n) is 9.43. The molecule has 0 aromatic carbocycles. The summed E-state index contributed by atoms with van der Waals surface area (Å²) in [6.07, 6.45) is 0. The second-order valence-corrected chi connectivity index (χ2v) is 12.1. The molecule has 0 atom stereocenters. The fourth-order valence-corrected chi connectivity index (χ4v) is 14.2. The number of rotatable bonds is 1. The summed E-state index contributed by atoms with van der Waals surface area (Å²) in [5, 5.41) is 0. The van der Waals surface area contributed by atoms with Crippen molar-refractivity contribution in [3.05, 3.63) is 9.88 Å². The summed E-state index contributed by atoms with van der Waals surface area (Å²) < 4.78 is 3.48. The van der Waals surface area contributed by atoms with Gasteiger partial charge in [-0.3, -0.25) is 0 Å². The molecule has 0 spiro atoms. The molecular formula is C12H10S4Se2. The quantitative estimate of drug-likeness (QED) is 0.618. The van der Waals surface area contributed by atoms with Crippen molar-refractivity contribution in [1.29, 1.82) is 0 Å². The molecule has 0 amide bonds. The van der Waals surface area contributed by atoms with Gasteiger partial charge in [-0.25, -0.2) is 0 Å². The Labute approximate surface area is 136 Å². The van der Waals surface area contributed by atoms with Crippen LogP contribution in [0.1, 0.15) is 0 Å². The molecule has 0 saturated heterocycles. The van der Waals surface area contributed by atoms with Crippen molar-refractivity contribution in [2.45, 2.75) is 19.6 Å². The topological polar surface area (TPSA) is 0 Å². The van der Waals surface area contributed by atoms with Gasteiger partial charge in [0.25, 0.3) is 0 Å². The van der Waals surface area contributed by atoms with E-state index in [1.807, 2.05) is 0 Å². The molecule has 0 nitrogen and oxygen atoms in total. The first-order chi connectivity index (χ1) is 8.93. The zero-order chi connectivity index (χ0) is 11.9. The van der Waals surface area contributed by atoms with E-state index in [0.29, 0.717) is 29.0 Å². The van der Waals surface area contributed by atoms with E-state index in [0.717, 1.165) is 0 Å². The zero-order valence-corrected chi connectivity index (χ0v) is 16.1. The van der Waals surface area contributed by atoms with Crippen LogP contribution in [0, 0.1) is 0 Å². The minimum atomic E-state index is 0.602.